The minimum Gasteiger partial charge on any atom is -0.390 e. The third kappa shape index (κ3) is 4.17. The molecule has 0 aliphatic carbocycles. The predicted molar refractivity (Wildman–Crippen MR) is 90.5 cm³/mol. The molecule has 0 unspecified atom stereocenters. The maximum Gasteiger partial charge on any atom is 0.317 e. The molecule has 0 radical (unpaired) electrons. The van der Waals surface area contributed by atoms with E-state index in [9.17, 15) is 9.90 Å². The highest BCUT2D eigenvalue weighted by molar-refractivity contribution is 5.74. The van der Waals surface area contributed by atoms with Crippen LogP contribution in [-0.2, 0) is 0 Å². The summed E-state index contributed by atoms with van der Waals surface area (Å²) >= 11 is 0. The number of urea groups is 1. The third-order valence-corrected chi connectivity index (χ3v) is 5.77. The van der Waals surface area contributed by atoms with Crippen molar-refractivity contribution in [2.75, 3.05) is 45.8 Å². The second-order valence-corrected chi connectivity index (χ2v) is 7.40. The zero-order valence-corrected chi connectivity index (χ0v) is 14.4. The third-order valence-electron chi connectivity index (χ3n) is 5.77. The normalized spacial score (nSPS) is 33.3. The van der Waals surface area contributed by atoms with Gasteiger partial charge in [-0.15, -0.1) is 0 Å². The molecule has 132 valence electrons. The Bertz CT molecular complexity index is 400. The monoisotopic (exact) mass is 324 g/mol. The SMILES string of the molecule is C[C@@H]1CCCCN1CCNC(=O)N1C[C@@H](O)[C@@H](N2CCCC2)C1. The van der Waals surface area contributed by atoms with Gasteiger partial charge in [-0.3, -0.25) is 9.80 Å². The van der Waals surface area contributed by atoms with Gasteiger partial charge < -0.3 is 15.3 Å². The molecule has 6 nitrogen and oxygen atoms in total. The smallest absolute Gasteiger partial charge is 0.317 e. The first-order valence-electron chi connectivity index (χ1n) is 9.34. The van der Waals surface area contributed by atoms with Crippen LogP contribution in [0.2, 0.25) is 0 Å². The van der Waals surface area contributed by atoms with Crippen molar-refractivity contribution in [3.8, 4) is 0 Å². The van der Waals surface area contributed by atoms with Gasteiger partial charge in [-0.05, 0) is 52.2 Å². The summed E-state index contributed by atoms with van der Waals surface area (Å²) in [5.74, 6) is 0. The fraction of sp³-hybridized carbons (Fsp3) is 0.941. The standard InChI is InChI=1S/C17H32N4O2/c1-14-6-2-3-8-19(14)11-7-18-17(23)21-12-15(16(22)13-21)20-9-4-5-10-20/h14-16,22H,2-13H2,1H3,(H,18,23)/t14-,15+,16-/m1/s1. The largest absolute Gasteiger partial charge is 0.390 e. The zero-order chi connectivity index (χ0) is 16.2. The molecule has 3 fully saturated rings. The first-order valence-corrected chi connectivity index (χ1v) is 9.34. The summed E-state index contributed by atoms with van der Waals surface area (Å²) in [5.41, 5.74) is 0. The topological polar surface area (TPSA) is 59.1 Å². The van der Waals surface area contributed by atoms with Crippen LogP contribution in [0.5, 0.6) is 0 Å². The molecule has 6 heteroatoms. The van der Waals surface area contributed by atoms with Gasteiger partial charge in [0.15, 0.2) is 0 Å². The van der Waals surface area contributed by atoms with E-state index in [4.69, 9.17) is 0 Å². The predicted octanol–water partition coefficient (Wildman–Crippen LogP) is 0.711. The number of aliphatic hydroxyl groups is 1. The molecule has 0 saturated carbocycles. The number of likely N-dealkylation sites (tertiary alicyclic amines) is 3. The maximum atomic E-state index is 12.3. The Hall–Kier alpha value is -0.850. The van der Waals surface area contributed by atoms with Crippen molar-refractivity contribution < 1.29 is 9.90 Å². The van der Waals surface area contributed by atoms with Crippen molar-refractivity contribution in [1.29, 1.82) is 0 Å². The quantitative estimate of drug-likeness (QED) is 0.800. The van der Waals surface area contributed by atoms with Gasteiger partial charge in [0.1, 0.15) is 0 Å². The van der Waals surface area contributed by atoms with E-state index >= 15 is 0 Å². The first kappa shape index (κ1) is 17.0. The number of carbonyl (C=O) groups is 1. The molecule has 0 bridgehead atoms. The lowest BCUT2D eigenvalue weighted by Crippen LogP contribution is -2.46. The number of aliphatic hydroxyl groups excluding tert-OH is 1. The Kier molecular flexibility index (Phi) is 5.77. The van der Waals surface area contributed by atoms with Crippen LogP contribution in [0.4, 0.5) is 4.79 Å². The van der Waals surface area contributed by atoms with E-state index in [0.29, 0.717) is 25.7 Å². The van der Waals surface area contributed by atoms with Gasteiger partial charge in [0.25, 0.3) is 0 Å². The van der Waals surface area contributed by atoms with Crippen molar-refractivity contribution in [2.24, 2.45) is 0 Å². The Morgan fingerprint density at radius 2 is 1.87 bits per heavy atom. The van der Waals surface area contributed by atoms with Gasteiger partial charge in [-0.25, -0.2) is 4.79 Å². The van der Waals surface area contributed by atoms with Crippen LogP contribution in [0.1, 0.15) is 39.0 Å². The summed E-state index contributed by atoms with van der Waals surface area (Å²) in [6.45, 7) is 8.30. The molecule has 3 heterocycles. The number of piperidine rings is 1. The number of hydrogen-bond donors (Lipinski definition) is 2. The van der Waals surface area contributed by atoms with E-state index < -0.39 is 6.10 Å². The van der Waals surface area contributed by atoms with Gasteiger partial charge in [0, 0.05) is 32.2 Å². The number of amides is 2. The average Bonchev–Trinajstić information content (AvgIpc) is 3.18. The summed E-state index contributed by atoms with van der Waals surface area (Å²) < 4.78 is 0. The highest BCUT2D eigenvalue weighted by atomic mass is 16.3. The lowest BCUT2D eigenvalue weighted by Gasteiger charge is -2.33. The number of β-amino-alcohol motifs (C(OH)–C–C–N with tert-alkyl or cyclic N) is 1. The molecule has 0 spiro atoms. The van der Waals surface area contributed by atoms with E-state index in [0.717, 1.165) is 26.2 Å². The van der Waals surface area contributed by atoms with Crippen LogP contribution in [-0.4, -0.2) is 89.8 Å². The molecule has 2 amide bonds. The molecule has 3 aliphatic heterocycles. The number of rotatable bonds is 4. The first-order chi connectivity index (χ1) is 11.1. The van der Waals surface area contributed by atoms with Gasteiger partial charge in [0.05, 0.1) is 12.1 Å². The minimum absolute atomic E-state index is 0.0181. The van der Waals surface area contributed by atoms with Gasteiger partial charge in [0.2, 0.25) is 0 Å². The van der Waals surface area contributed by atoms with Crippen molar-refractivity contribution in [3.63, 3.8) is 0 Å². The molecule has 3 saturated heterocycles. The van der Waals surface area contributed by atoms with E-state index in [1.807, 2.05) is 0 Å². The van der Waals surface area contributed by atoms with E-state index in [-0.39, 0.29) is 12.1 Å². The molecule has 3 aliphatic rings. The fourth-order valence-corrected chi connectivity index (χ4v) is 4.28. The molecule has 23 heavy (non-hydrogen) atoms. The van der Waals surface area contributed by atoms with Crippen molar-refractivity contribution >= 4 is 6.03 Å². The highest BCUT2D eigenvalue weighted by Crippen LogP contribution is 2.21. The van der Waals surface area contributed by atoms with Crippen LogP contribution in [0.3, 0.4) is 0 Å². The Labute approximate surface area is 139 Å². The van der Waals surface area contributed by atoms with Crippen LogP contribution in [0.25, 0.3) is 0 Å². The molecule has 0 aromatic carbocycles. The second-order valence-electron chi connectivity index (χ2n) is 7.40. The number of nitrogens with one attached hydrogen (secondary N) is 1. The van der Waals surface area contributed by atoms with E-state index in [1.54, 1.807) is 4.90 Å². The van der Waals surface area contributed by atoms with Crippen LogP contribution < -0.4 is 5.32 Å². The summed E-state index contributed by atoms with van der Waals surface area (Å²) in [6.07, 6.45) is 5.89. The zero-order valence-electron chi connectivity index (χ0n) is 14.4. The summed E-state index contributed by atoms with van der Waals surface area (Å²) in [6, 6.07) is 0.745. The van der Waals surface area contributed by atoms with Crippen molar-refractivity contribution in [3.05, 3.63) is 0 Å². The molecule has 0 aromatic rings. The van der Waals surface area contributed by atoms with Gasteiger partial charge >= 0.3 is 6.03 Å². The van der Waals surface area contributed by atoms with Crippen LogP contribution in [0.15, 0.2) is 0 Å². The molecule has 0 aromatic heterocycles. The Morgan fingerprint density at radius 3 is 2.61 bits per heavy atom. The lowest BCUT2D eigenvalue weighted by atomic mass is 10.0. The fourth-order valence-electron chi connectivity index (χ4n) is 4.28. The Balaban J connectivity index is 1.40. The second kappa shape index (κ2) is 7.81. The highest BCUT2D eigenvalue weighted by Gasteiger charge is 2.38. The summed E-state index contributed by atoms with van der Waals surface area (Å²) in [4.78, 5) is 18.9. The van der Waals surface area contributed by atoms with E-state index in [1.165, 1.54) is 32.1 Å². The number of nitrogens with zero attached hydrogens (tertiary/aromatic N) is 3. The number of hydrogen-bond acceptors (Lipinski definition) is 4. The summed E-state index contributed by atoms with van der Waals surface area (Å²) in [7, 11) is 0. The molecule has 3 rings (SSSR count). The molecular weight excluding hydrogens is 292 g/mol. The van der Waals surface area contributed by atoms with Crippen molar-refractivity contribution in [1.82, 2.24) is 20.0 Å². The van der Waals surface area contributed by atoms with Crippen LogP contribution >= 0.6 is 0 Å². The molecular formula is C17H32N4O2. The maximum absolute atomic E-state index is 12.3. The van der Waals surface area contributed by atoms with Gasteiger partial charge in [-0.1, -0.05) is 6.42 Å². The van der Waals surface area contributed by atoms with Gasteiger partial charge in [-0.2, -0.15) is 0 Å². The summed E-state index contributed by atoms with van der Waals surface area (Å²) in [5, 5.41) is 13.3. The lowest BCUT2D eigenvalue weighted by molar-refractivity contribution is 0.0980. The van der Waals surface area contributed by atoms with E-state index in [2.05, 4.69) is 22.0 Å². The average molecular weight is 324 g/mol. The van der Waals surface area contributed by atoms with Crippen molar-refractivity contribution in [2.45, 2.75) is 57.2 Å². The Morgan fingerprint density at radius 1 is 1.13 bits per heavy atom. The molecule has 3 atom stereocenters. The number of carbonyl (C=O) groups excluding carboxylic acids is 1. The minimum atomic E-state index is -0.402. The van der Waals surface area contributed by atoms with Crippen LogP contribution in [0, 0.1) is 0 Å². The molecule has 2 N–H and O–H groups in total.